The third-order valence-corrected chi connectivity index (χ3v) is 4.31. The molecule has 0 aliphatic heterocycles. The molecule has 2 aromatic rings. The van der Waals surface area contributed by atoms with Crippen molar-refractivity contribution in [2.75, 3.05) is 0 Å². The van der Waals surface area contributed by atoms with Gasteiger partial charge in [0.2, 0.25) is 0 Å². The zero-order valence-electron chi connectivity index (χ0n) is 10.1. The minimum atomic E-state index is 0.296. The molecule has 90 valence electrons. The van der Waals surface area contributed by atoms with Crippen molar-refractivity contribution in [1.82, 2.24) is 0 Å². The lowest BCUT2D eigenvalue weighted by Crippen LogP contribution is -1.90. The zero-order chi connectivity index (χ0) is 12.4. The lowest BCUT2D eigenvalue weighted by Gasteiger charge is -2.04. The topological polar surface area (TPSA) is 17.1 Å². The van der Waals surface area contributed by atoms with Gasteiger partial charge in [0, 0.05) is 22.6 Å². The molecule has 0 heterocycles. The van der Waals surface area contributed by atoms with Crippen LogP contribution >= 0.6 is 11.8 Å². The summed E-state index contributed by atoms with van der Waals surface area (Å²) in [4.78, 5) is 12.8. The van der Waals surface area contributed by atoms with Gasteiger partial charge in [0.15, 0.2) is 5.78 Å². The summed E-state index contributed by atoms with van der Waals surface area (Å²) >= 11 is 1.83. The Morgan fingerprint density at radius 3 is 2.67 bits per heavy atom. The number of hydrogen-bond acceptors (Lipinski definition) is 2. The first-order valence-electron chi connectivity index (χ1n) is 6.16. The molecule has 1 aliphatic carbocycles. The molecule has 0 saturated heterocycles. The molecular formula is C16H14OS. The van der Waals surface area contributed by atoms with E-state index >= 15 is 0 Å². The Kier molecular flexibility index (Phi) is 3.20. The maximum absolute atomic E-state index is 11.5. The molecule has 1 aliphatic rings. The van der Waals surface area contributed by atoms with Gasteiger partial charge in [-0.25, -0.2) is 0 Å². The highest BCUT2D eigenvalue weighted by Crippen LogP contribution is 2.29. The van der Waals surface area contributed by atoms with E-state index in [1.807, 2.05) is 23.9 Å². The van der Waals surface area contributed by atoms with E-state index < -0.39 is 0 Å². The first kappa shape index (κ1) is 11.5. The Morgan fingerprint density at radius 1 is 1.00 bits per heavy atom. The summed E-state index contributed by atoms with van der Waals surface area (Å²) < 4.78 is 0. The molecule has 1 nitrogen and oxygen atoms in total. The van der Waals surface area contributed by atoms with Crippen LogP contribution in [-0.2, 0) is 12.2 Å². The number of aryl methyl sites for hydroxylation is 1. The molecule has 0 radical (unpaired) electrons. The standard InChI is InChI=1S/C16H14OS/c17-16-9-6-13-10-14(7-8-15(13)16)18-11-12-4-2-1-3-5-12/h1-5,7-8,10H,6,9,11H2. The molecule has 0 N–H and O–H groups in total. The fourth-order valence-corrected chi connectivity index (χ4v) is 3.18. The van der Waals surface area contributed by atoms with Crippen molar-refractivity contribution >= 4 is 17.5 Å². The average molecular weight is 254 g/mol. The van der Waals surface area contributed by atoms with E-state index in [0.717, 1.165) is 17.7 Å². The maximum Gasteiger partial charge on any atom is 0.163 e. The van der Waals surface area contributed by atoms with E-state index in [9.17, 15) is 4.79 Å². The van der Waals surface area contributed by atoms with Gasteiger partial charge in [-0.2, -0.15) is 0 Å². The van der Waals surface area contributed by atoms with Gasteiger partial charge in [-0.15, -0.1) is 11.8 Å². The molecule has 2 aromatic carbocycles. The van der Waals surface area contributed by atoms with Crippen LogP contribution in [0.3, 0.4) is 0 Å². The number of rotatable bonds is 3. The van der Waals surface area contributed by atoms with E-state index in [4.69, 9.17) is 0 Å². The number of ketones is 1. The Balaban J connectivity index is 1.73. The average Bonchev–Trinajstić information content (AvgIpc) is 2.79. The number of Topliss-reactive ketones (excluding diaryl/α,β-unsaturated/α-hetero) is 1. The molecular weight excluding hydrogens is 240 g/mol. The van der Waals surface area contributed by atoms with Gasteiger partial charge in [-0.3, -0.25) is 4.79 Å². The Morgan fingerprint density at radius 2 is 1.83 bits per heavy atom. The number of benzene rings is 2. The molecule has 18 heavy (non-hydrogen) atoms. The zero-order valence-corrected chi connectivity index (χ0v) is 10.9. The Bertz CT molecular complexity index is 575. The van der Waals surface area contributed by atoms with Gasteiger partial charge in [0.25, 0.3) is 0 Å². The van der Waals surface area contributed by atoms with Crippen LogP contribution in [-0.4, -0.2) is 5.78 Å². The van der Waals surface area contributed by atoms with Crippen molar-refractivity contribution < 1.29 is 4.79 Å². The van der Waals surface area contributed by atoms with Crippen LogP contribution in [0, 0.1) is 0 Å². The number of carbonyl (C=O) groups is 1. The second kappa shape index (κ2) is 4.99. The fraction of sp³-hybridized carbons (Fsp3) is 0.188. The number of hydrogen-bond donors (Lipinski definition) is 0. The monoisotopic (exact) mass is 254 g/mol. The van der Waals surface area contributed by atoms with Crippen LogP contribution in [0.15, 0.2) is 53.4 Å². The van der Waals surface area contributed by atoms with Gasteiger partial charge >= 0.3 is 0 Å². The van der Waals surface area contributed by atoms with E-state index in [2.05, 4.69) is 36.4 Å². The lowest BCUT2D eigenvalue weighted by atomic mass is 10.1. The molecule has 2 heteroatoms. The predicted octanol–water partition coefficient (Wildman–Crippen LogP) is 4.11. The van der Waals surface area contributed by atoms with Gasteiger partial charge in [0.05, 0.1) is 0 Å². The number of fused-ring (bicyclic) bond motifs is 1. The molecule has 0 bridgehead atoms. The first-order chi connectivity index (χ1) is 8.83. The SMILES string of the molecule is O=C1CCc2cc(SCc3ccccc3)ccc21. The van der Waals surface area contributed by atoms with Gasteiger partial charge in [-0.1, -0.05) is 36.4 Å². The highest BCUT2D eigenvalue weighted by molar-refractivity contribution is 7.98. The van der Waals surface area contributed by atoms with Crippen molar-refractivity contribution in [3.63, 3.8) is 0 Å². The summed E-state index contributed by atoms with van der Waals surface area (Å²) in [5.41, 5.74) is 3.48. The summed E-state index contributed by atoms with van der Waals surface area (Å²) in [6.45, 7) is 0. The molecule has 0 aromatic heterocycles. The summed E-state index contributed by atoms with van der Waals surface area (Å²) in [6, 6.07) is 16.7. The van der Waals surface area contributed by atoms with Crippen molar-refractivity contribution in [1.29, 1.82) is 0 Å². The molecule has 0 unspecified atom stereocenters. The quantitative estimate of drug-likeness (QED) is 0.767. The minimum Gasteiger partial charge on any atom is -0.294 e. The van der Waals surface area contributed by atoms with Gasteiger partial charge in [-0.05, 0) is 29.7 Å². The van der Waals surface area contributed by atoms with Crippen molar-refractivity contribution in [3.8, 4) is 0 Å². The van der Waals surface area contributed by atoms with Crippen LogP contribution in [0.5, 0.6) is 0 Å². The van der Waals surface area contributed by atoms with E-state index in [-0.39, 0.29) is 0 Å². The highest BCUT2D eigenvalue weighted by Gasteiger charge is 2.19. The second-order valence-corrected chi connectivity index (χ2v) is 5.57. The predicted molar refractivity (Wildman–Crippen MR) is 75.1 cm³/mol. The third kappa shape index (κ3) is 2.34. The van der Waals surface area contributed by atoms with Crippen LogP contribution in [0.25, 0.3) is 0 Å². The lowest BCUT2D eigenvalue weighted by molar-refractivity contribution is 0.0994. The van der Waals surface area contributed by atoms with E-state index in [1.54, 1.807) is 0 Å². The smallest absolute Gasteiger partial charge is 0.163 e. The van der Waals surface area contributed by atoms with Gasteiger partial charge in [0.1, 0.15) is 0 Å². The highest BCUT2D eigenvalue weighted by atomic mass is 32.2. The maximum atomic E-state index is 11.5. The van der Waals surface area contributed by atoms with Crippen LogP contribution in [0.4, 0.5) is 0 Å². The Hall–Kier alpha value is -1.54. The van der Waals surface area contributed by atoms with Crippen LogP contribution in [0.1, 0.15) is 27.9 Å². The molecule has 0 saturated carbocycles. The van der Waals surface area contributed by atoms with Crippen LogP contribution < -0.4 is 0 Å². The second-order valence-electron chi connectivity index (χ2n) is 4.52. The van der Waals surface area contributed by atoms with Crippen molar-refractivity contribution in [2.24, 2.45) is 0 Å². The van der Waals surface area contributed by atoms with Crippen molar-refractivity contribution in [3.05, 3.63) is 65.2 Å². The molecule has 0 amide bonds. The molecule has 3 rings (SSSR count). The summed E-state index contributed by atoms with van der Waals surface area (Å²) in [6.07, 6.45) is 1.59. The molecule has 0 atom stereocenters. The number of carbonyl (C=O) groups excluding carboxylic acids is 1. The van der Waals surface area contributed by atoms with Crippen molar-refractivity contribution in [2.45, 2.75) is 23.5 Å². The Labute approximate surface area is 111 Å². The summed E-state index contributed by atoms with van der Waals surface area (Å²) in [5.74, 6) is 1.28. The van der Waals surface area contributed by atoms with Gasteiger partial charge < -0.3 is 0 Å². The molecule has 0 fully saturated rings. The number of thioether (sulfide) groups is 1. The van der Waals surface area contributed by atoms with E-state index in [1.165, 1.54) is 16.0 Å². The van der Waals surface area contributed by atoms with Crippen LogP contribution in [0.2, 0.25) is 0 Å². The molecule has 0 spiro atoms. The third-order valence-electron chi connectivity index (χ3n) is 3.25. The largest absolute Gasteiger partial charge is 0.294 e. The summed E-state index contributed by atoms with van der Waals surface area (Å²) in [5, 5.41) is 0. The van der Waals surface area contributed by atoms with E-state index in [0.29, 0.717) is 12.2 Å². The first-order valence-corrected chi connectivity index (χ1v) is 7.14. The summed E-state index contributed by atoms with van der Waals surface area (Å²) in [7, 11) is 0. The fourth-order valence-electron chi connectivity index (χ4n) is 2.26. The normalized spacial score (nSPS) is 13.7. The minimum absolute atomic E-state index is 0.296.